The summed E-state index contributed by atoms with van der Waals surface area (Å²) in [6, 6.07) is 2.54. The van der Waals surface area contributed by atoms with Crippen LogP contribution < -0.4 is 5.73 Å². The van der Waals surface area contributed by atoms with Gasteiger partial charge in [0.1, 0.15) is 22.8 Å². The van der Waals surface area contributed by atoms with E-state index in [2.05, 4.69) is 0 Å². The van der Waals surface area contributed by atoms with Gasteiger partial charge < -0.3 is 36.4 Å². The number of benzene rings is 1. The first-order valence-corrected chi connectivity index (χ1v) is 10.1. The number of hydrogen-bond acceptors (Lipinski definition) is 10. The molecule has 4 rings (SSSR count). The van der Waals surface area contributed by atoms with E-state index in [4.69, 9.17) is 5.73 Å². The summed E-state index contributed by atoms with van der Waals surface area (Å²) >= 11 is 0. The number of amides is 1. The second-order valence-corrected chi connectivity index (χ2v) is 9.06. The molecule has 0 aliphatic heterocycles. The van der Waals surface area contributed by atoms with Gasteiger partial charge in [-0.2, -0.15) is 0 Å². The van der Waals surface area contributed by atoms with Crippen LogP contribution in [0.5, 0.6) is 5.75 Å². The van der Waals surface area contributed by atoms with E-state index in [1.54, 1.807) is 0 Å². The van der Waals surface area contributed by atoms with Crippen LogP contribution in [0.15, 0.2) is 40.9 Å². The van der Waals surface area contributed by atoms with E-state index in [1.165, 1.54) is 44.1 Å². The number of aliphatic hydroxyl groups excluding tert-OH is 3. The van der Waals surface area contributed by atoms with E-state index < -0.39 is 81.1 Å². The minimum Gasteiger partial charge on any atom is -0.510 e. The monoisotopic (exact) mass is 524 g/mol. The minimum atomic E-state index is -3.02. The van der Waals surface area contributed by atoms with Crippen molar-refractivity contribution in [1.29, 1.82) is 0 Å². The van der Waals surface area contributed by atoms with Crippen molar-refractivity contribution in [1.82, 2.24) is 4.90 Å². The molecule has 0 aromatic heterocycles. The van der Waals surface area contributed by atoms with E-state index in [0.717, 1.165) is 0 Å². The molecule has 0 saturated carbocycles. The van der Waals surface area contributed by atoms with Gasteiger partial charge in [0.15, 0.2) is 11.4 Å². The molecule has 1 amide bonds. The number of likely N-dealkylation sites (N-methyl/N-ethyl adjacent to an activating group) is 1. The molecule has 0 fully saturated rings. The Bertz CT molecular complexity index is 1190. The van der Waals surface area contributed by atoms with Crippen LogP contribution in [0.3, 0.4) is 0 Å². The Morgan fingerprint density at radius 1 is 1.12 bits per heavy atom. The predicted octanol–water partition coefficient (Wildman–Crippen LogP) is -1.25. The zero-order valence-electron chi connectivity index (χ0n) is 18.7. The maximum Gasteiger partial charge on any atom is 0.255 e. The first-order chi connectivity index (χ1) is 15.2. The molecule has 3 aliphatic carbocycles. The quantitative estimate of drug-likeness (QED) is 0.181. The molecule has 0 spiro atoms. The second-order valence-electron chi connectivity index (χ2n) is 9.06. The van der Waals surface area contributed by atoms with Crippen molar-refractivity contribution < 1.29 is 64.5 Å². The molecule has 0 unspecified atom stereocenters. The molecular weight excluding hydrogens is 502 g/mol. The van der Waals surface area contributed by atoms with Gasteiger partial charge in [-0.15, -0.1) is 0 Å². The average molecular weight is 526 g/mol. The first kappa shape index (κ1) is 26.0. The van der Waals surface area contributed by atoms with Gasteiger partial charge in [0, 0.05) is 19.5 Å². The molecule has 178 valence electrons. The maximum atomic E-state index is 13.3. The van der Waals surface area contributed by atoms with E-state index >= 15 is 0 Å². The van der Waals surface area contributed by atoms with Crippen LogP contribution in [0.2, 0.25) is 0 Å². The first-order valence-electron chi connectivity index (χ1n) is 10.1. The van der Waals surface area contributed by atoms with E-state index in [0.29, 0.717) is 0 Å². The third kappa shape index (κ3) is 2.96. The van der Waals surface area contributed by atoms with Crippen molar-refractivity contribution >= 4 is 17.5 Å². The number of hydrogen-bond donors (Lipinski definition) is 7. The second kappa shape index (κ2) is 7.96. The fourth-order valence-corrected chi connectivity index (χ4v) is 5.60. The third-order valence-corrected chi connectivity index (χ3v) is 7.04. The molecule has 3 aliphatic rings. The molecule has 1 aromatic carbocycles. The number of aliphatic hydroxyl groups is 5. The number of ketones is 2. The molecule has 34 heavy (non-hydrogen) atoms. The number of nitrogens with two attached hydrogens (primary N) is 1. The number of phenols is 1. The molecular formula is C22H24N2O9Zn. The molecule has 0 heterocycles. The molecule has 1 aromatic rings. The average Bonchev–Trinajstić information content (AvgIpc) is 2.70. The topological polar surface area (TPSA) is 202 Å². The standard InChI is InChI=1S/C22H24N2O9.Zn/c1-21(32)7-5-4-6-8(25)9(7)15(26)10-12(21)17(28)13-14(24(2)3)16(27)11(20(23)31)19(30)22(13,33)18(10)29;/h4-6,12-14,17,25,27-29,32-33H,1-3H3,(H2,23,31);/t12-,13-,14+,17+,21-,22+;/m1./s1. The molecule has 0 saturated heterocycles. The number of primary amides is 1. The summed E-state index contributed by atoms with van der Waals surface area (Å²) in [6.45, 7) is 1.25. The summed E-state index contributed by atoms with van der Waals surface area (Å²) in [5.41, 5.74) is -1.88. The fourth-order valence-electron chi connectivity index (χ4n) is 5.60. The van der Waals surface area contributed by atoms with E-state index in [1.807, 2.05) is 0 Å². The fraction of sp³-hybridized carbons (Fsp3) is 0.409. The summed E-state index contributed by atoms with van der Waals surface area (Å²) in [5, 5.41) is 66.5. The van der Waals surface area contributed by atoms with Gasteiger partial charge in [0.25, 0.3) is 5.91 Å². The van der Waals surface area contributed by atoms with Gasteiger partial charge >= 0.3 is 0 Å². The third-order valence-electron chi connectivity index (χ3n) is 7.04. The summed E-state index contributed by atoms with van der Waals surface area (Å²) in [6.07, 6.45) is -1.87. The van der Waals surface area contributed by atoms with Crippen LogP contribution in [0.1, 0.15) is 22.8 Å². The number of Topliss-reactive ketones (excluding diaryl/α,β-unsaturated/α-hetero) is 2. The Morgan fingerprint density at radius 3 is 2.24 bits per heavy atom. The summed E-state index contributed by atoms with van der Waals surface area (Å²) in [5.74, 6) is -9.66. The number of carbonyl (C=O) groups is 3. The van der Waals surface area contributed by atoms with Crippen LogP contribution in [-0.4, -0.2) is 84.9 Å². The number of fused-ring (bicyclic) bond motifs is 3. The molecule has 11 nitrogen and oxygen atoms in total. The zero-order chi connectivity index (χ0) is 24.8. The smallest absolute Gasteiger partial charge is 0.255 e. The van der Waals surface area contributed by atoms with Gasteiger partial charge in [-0.1, -0.05) is 12.1 Å². The summed E-state index contributed by atoms with van der Waals surface area (Å²) in [7, 11) is 2.85. The number of rotatable bonds is 2. The number of aromatic hydroxyl groups is 1. The zero-order valence-corrected chi connectivity index (χ0v) is 21.6. The van der Waals surface area contributed by atoms with E-state index in [-0.39, 0.29) is 30.6 Å². The van der Waals surface area contributed by atoms with Crippen molar-refractivity contribution in [2.45, 2.75) is 30.3 Å². The molecule has 12 heteroatoms. The maximum absolute atomic E-state index is 13.3. The molecule has 0 radical (unpaired) electrons. The van der Waals surface area contributed by atoms with Gasteiger partial charge in [0.2, 0.25) is 5.78 Å². The Hall–Kier alpha value is -2.63. The molecule has 0 bridgehead atoms. The van der Waals surface area contributed by atoms with Crippen LogP contribution in [0, 0.1) is 11.8 Å². The van der Waals surface area contributed by atoms with Crippen molar-refractivity contribution in [3.8, 4) is 5.75 Å². The molecule has 8 N–H and O–H groups in total. The van der Waals surface area contributed by atoms with Crippen LogP contribution in [0.25, 0.3) is 0 Å². The van der Waals surface area contributed by atoms with Crippen LogP contribution >= 0.6 is 0 Å². The SMILES string of the molecule is CN(C)[C@@H]1C(O)=C(C(N)=O)C(=O)[C@@]2(O)C(O)=C3C(=O)c4c(O)cccc4[C@@](C)(O)[C@H]3[C@H](O)[C@@H]12.[Zn]. The van der Waals surface area contributed by atoms with Crippen LogP contribution in [0.4, 0.5) is 0 Å². The summed E-state index contributed by atoms with van der Waals surface area (Å²) < 4.78 is 0. The van der Waals surface area contributed by atoms with Gasteiger partial charge in [-0.3, -0.25) is 19.3 Å². The number of carbonyl (C=O) groups excluding carboxylic acids is 3. The van der Waals surface area contributed by atoms with Crippen molar-refractivity contribution in [2.24, 2.45) is 17.6 Å². The summed E-state index contributed by atoms with van der Waals surface area (Å²) in [4.78, 5) is 39.8. The van der Waals surface area contributed by atoms with Crippen molar-refractivity contribution in [3.63, 3.8) is 0 Å². The normalized spacial score (nSPS) is 34.9. The Balaban J connectivity index is 0.00000324. The Labute approximate surface area is 206 Å². The largest absolute Gasteiger partial charge is 0.510 e. The minimum absolute atomic E-state index is 0. The van der Waals surface area contributed by atoms with Gasteiger partial charge in [0.05, 0.1) is 40.7 Å². The number of nitrogens with zero attached hydrogens (tertiary/aromatic N) is 1. The number of phenolic OH excluding ortho intramolecular Hbond substituents is 1. The van der Waals surface area contributed by atoms with Crippen LogP contribution in [-0.2, 0) is 34.7 Å². The Morgan fingerprint density at radius 2 is 1.71 bits per heavy atom. The van der Waals surface area contributed by atoms with Gasteiger partial charge in [-0.05, 0) is 32.6 Å². The predicted molar refractivity (Wildman–Crippen MR) is 111 cm³/mol. The van der Waals surface area contributed by atoms with Crippen molar-refractivity contribution in [2.75, 3.05) is 14.1 Å². The van der Waals surface area contributed by atoms with Crippen molar-refractivity contribution in [3.05, 3.63) is 52.0 Å². The van der Waals surface area contributed by atoms with E-state index in [9.17, 15) is 45.0 Å². The van der Waals surface area contributed by atoms with Gasteiger partial charge in [-0.25, -0.2) is 0 Å². The Kier molecular flexibility index (Phi) is 6.08. The molecule has 6 atom stereocenters.